The molecule has 0 saturated carbocycles. The molecule has 1 aromatic heterocycles. The summed E-state index contributed by atoms with van der Waals surface area (Å²) < 4.78 is 5.73. The molecule has 0 aromatic carbocycles. The fourth-order valence-electron chi connectivity index (χ4n) is 2.39. The van der Waals surface area contributed by atoms with Gasteiger partial charge in [0, 0.05) is 30.1 Å². The molecule has 2 rings (SSSR count). The van der Waals surface area contributed by atoms with Gasteiger partial charge in [-0.2, -0.15) is 0 Å². The zero-order chi connectivity index (χ0) is 12.1. The van der Waals surface area contributed by atoms with E-state index in [1.54, 1.807) is 11.3 Å². The average molecular weight is 254 g/mol. The van der Waals surface area contributed by atoms with E-state index in [0.29, 0.717) is 12.6 Å². The average Bonchev–Trinajstić information content (AvgIpc) is 2.90. The van der Waals surface area contributed by atoms with Gasteiger partial charge in [0.05, 0.1) is 6.10 Å². The lowest BCUT2D eigenvalue weighted by Crippen LogP contribution is -2.56. The molecule has 2 unspecified atom stereocenters. The summed E-state index contributed by atoms with van der Waals surface area (Å²) >= 11 is 1.79. The Morgan fingerprint density at radius 1 is 1.65 bits per heavy atom. The molecular weight excluding hydrogens is 232 g/mol. The van der Waals surface area contributed by atoms with Crippen molar-refractivity contribution in [1.82, 2.24) is 5.32 Å². The lowest BCUT2D eigenvalue weighted by Gasteiger charge is -2.41. The van der Waals surface area contributed by atoms with E-state index in [0.717, 1.165) is 32.4 Å². The second-order valence-corrected chi connectivity index (χ2v) is 5.80. The molecule has 0 radical (unpaired) electrons. The Kier molecular flexibility index (Phi) is 4.56. The molecule has 4 heteroatoms. The van der Waals surface area contributed by atoms with Gasteiger partial charge in [-0.15, -0.1) is 11.3 Å². The highest BCUT2D eigenvalue weighted by Gasteiger charge is 2.34. The first kappa shape index (κ1) is 13.0. The first-order chi connectivity index (χ1) is 8.28. The van der Waals surface area contributed by atoms with Crippen molar-refractivity contribution in [3.05, 3.63) is 22.4 Å². The first-order valence-electron chi connectivity index (χ1n) is 6.37. The minimum atomic E-state index is 0.0723. The molecule has 1 fully saturated rings. The summed E-state index contributed by atoms with van der Waals surface area (Å²) in [5, 5.41) is 5.77. The van der Waals surface area contributed by atoms with Crippen LogP contribution < -0.4 is 11.1 Å². The number of hydrogen-bond acceptors (Lipinski definition) is 4. The van der Waals surface area contributed by atoms with Gasteiger partial charge >= 0.3 is 0 Å². The van der Waals surface area contributed by atoms with E-state index in [1.165, 1.54) is 4.88 Å². The SMILES string of the molecule is CCC1CC(CN)(NCc2cccs2)CCO1. The molecule has 2 atom stereocenters. The van der Waals surface area contributed by atoms with Gasteiger partial charge in [-0.25, -0.2) is 0 Å². The molecule has 96 valence electrons. The summed E-state index contributed by atoms with van der Waals surface area (Å²) in [4.78, 5) is 1.37. The molecule has 1 aliphatic rings. The smallest absolute Gasteiger partial charge is 0.0590 e. The third-order valence-electron chi connectivity index (χ3n) is 3.62. The van der Waals surface area contributed by atoms with Crippen LogP contribution in [0.25, 0.3) is 0 Å². The lowest BCUT2D eigenvalue weighted by atomic mass is 9.85. The zero-order valence-electron chi connectivity index (χ0n) is 10.4. The highest BCUT2D eigenvalue weighted by Crippen LogP contribution is 2.26. The Labute approximate surface area is 107 Å². The van der Waals surface area contributed by atoms with Gasteiger partial charge in [-0.3, -0.25) is 0 Å². The molecule has 3 nitrogen and oxygen atoms in total. The maximum absolute atomic E-state index is 5.98. The van der Waals surface area contributed by atoms with Crippen LogP contribution in [-0.2, 0) is 11.3 Å². The van der Waals surface area contributed by atoms with E-state index in [4.69, 9.17) is 10.5 Å². The van der Waals surface area contributed by atoms with Gasteiger partial charge < -0.3 is 15.8 Å². The third-order valence-corrected chi connectivity index (χ3v) is 4.49. The van der Waals surface area contributed by atoms with Crippen LogP contribution in [0.4, 0.5) is 0 Å². The van der Waals surface area contributed by atoms with Crippen molar-refractivity contribution >= 4 is 11.3 Å². The van der Waals surface area contributed by atoms with Crippen molar-refractivity contribution in [2.45, 2.75) is 44.4 Å². The zero-order valence-corrected chi connectivity index (χ0v) is 11.3. The van der Waals surface area contributed by atoms with Crippen molar-refractivity contribution in [3.8, 4) is 0 Å². The summed E-state index contributed by atoms with van der Waals surface area (Å²) in [7, 11) is 0. The van der Waals surface area contributed by atoms with Gasteiger partial charge in [0.15, 0.2) is 0 Å². The molecule has 2 heterocycles. The number of nitrogens with one attached hydrogen (secondary N) is 1. The van der Waals surface area contributed by atoms with Gasteiger partial charge in [-0.05, 0) is 30.7 Å². The monoisotopic (exact) mass is 254 g/mol. The number of thiophene rings is 1. The molecular formula is C13H22N2OS. The molecule has 0 amide bonds. The number of nitrogens with two attached hydrogens (primary N) is 1. The van der Waals surface area contributed by atoms with E-state index < -0.39 is 0 Å². The molecule has 1 aromatic rings. The minimum absolute atomic E-state index is 0.0723. The molecule has 1 saturated heterocycles. The van der Waals surface area contributed by atoms with Crippen LogP contribution in [0.2, 0.25) is 0 Å². The first-order valence-corrected chi connectivity index (χ1v) is 7.25. The predicted molar refractivity (Wildman–Crippen MR) is 72.2 cm³/mol. The standard InChI is InChI=1S/C13H22N2OS/c1-2-11-8-13(10-14,5-6-16-11)15-9-12-4-3-7-17-12/h3-4,7,11,15H,2,5-6,8-10,14H2,1H3. The largest absolute Gasteiger partial charge is 0.378 e. The summed E-state index contributed by atoms with van der Waals surface area (Å²) in [5.74, 6) is 0. The minimum Gasteiger partial charge on any atom is -0.378 e. The molecule has 1 aliphatic heterocycles. The van der Waals surface area contributed by atoms with Crippen LogP contribution in [0.5, 0.6) is 0 Å². The van der Waals surface area contributed by atoms with Gasteiger partial charge in [0.1, 0.15) is 0 Å². The molecule has 0 aliphatic carbocycles. The molecule has 0 bridgehead atoms. The number of rotatable bonds is 5. The summed E-state index contributed by atoms with van der Waals surface area (Å²) in [6, 6.07) is 4.26. The Hall–Kier alpha value is -0.420. The molecule has 0 spiro atoms. The second kappa shape index (κ2) is 5.96. The van der Waals surface area contributed by atoms with E-state index in [2.05, 4.69) is 29.8 Å². The Bertz CT molecular complexity index is 328. The van der Waals surface area contributed by atoms with Crippen molar-refractivity contribution in [2.75, 3.05) is 13.2 Å². The highest BCUT2D eigenvalue weighted by atomic mass is 32.1. The maximum atomic E-state index is 5.98. The normalized spacial score (nSPS) is 29.4. The van der Waals surface area contributed by atoms with Crippen molar-refractivity contribution in [2.24, 2.45) is 5.73 Å². The topological polar surface area (TPSA) is 47.3 Å². The van der Waals surface area contributed by atoms with E-state index in [-0.39, 0.29) is 5.54 Å². The Morgan fingerprint density at radius 2 is 2.53 bits per heavy atom. The quantitative estimate of drug-likeness (QED) is 0.846. The molecule has 17 heavy (non-hydrogen) atoms. The highest BCUT2D eigenvalue weighted by molar-refractivity contribution is 7.09. The van der Waals surface area contributed by atoms with Crippen LogP contribution in [0, 0.1) is 0 Å². The van der Waals surface area contributed by atoms with E-state index in [1.807, 2.05) is 0 Å². The van der Waals surface area contributed by atoms with Crippen molar-refractivity contribution < 1.29 is 4.74 Å². The number of ether oxygens (including phenoxy) is 1. The van der Waals surface area contributed by atoms with Gasteiger partial charge in [-0.1, -0.05) is 13.0 Å². The van der Waals surface area contributed by atoms with E-state index in [9.17, 15) is 0 Å². The molecule has 3 N–H and O–H groups in total. The van der Waals surface area contributed by atoms with Crippen LogP contribution >= 0.6 is 11.3 Å². The van der Waals surface area contributed by atoms with E-state index >= 15 is 0 Å². The van der Waals surface area contributed by atoms with Gasteiger partial charge in [0.25, 0.3) is 0 Å². The van der Waals surface area contributed by atoms with Crippen LogP contribution in [0.1, 0.15) is 31.1 Å². The van der Waals surface area contributed by atoms with Crippen LogP contribution in [0.3, 0.4) is 0 Å². The Morgan fingerprint density at radius 3 is 3.18 bits per heavy atom. The summed E-state index contributed by atoms with van der Waals surface area (Å²) in [6.45, 7) is 4.62. The Balaban J connectivity index is 1.94. The third kappa shape index (κ3) is 3.28. The van der Waals surface area contributed by atoms with Crippen LogP contribution in [0.15, 0.2) is 17.5 Å². The van der Waals surface area contributed by atoms with Crippen molar-refractivity contribution in [3.63, 3.8) is 0 Å². The lowest BCUT2D eigenvalue weighted by molar-refractivity contribution is -0.0284. The number of hydrogen-bond donors (Lipinski definition) is 2. The fraction of sp³-hybridized carbons (Fsp3) is 0.692. The fourth-order valence-corrected chi connectivity index (χ4v) is 3.03. The van der Waals surface area contributed by atoms with Gasteiger partial charge in [0.2, 0.25) is 0 Å². The van der Waals surface area contributed by atoms with Crippen LogP contribution in [-0.4, -0.2) is 24.8 Å². The summed E-state index contributed by atoms with van der Waals surface area (Å²) in [6.07, 6.45) is 3.49. The second-order valence-electron chi connectivity index (χ2n) is 4.77. The predicted octanol–water partition coefficient (Wildman–Crippen LogP) is 2.12. The summed E-state index contributed by atoms with van der Waals surface area (Å²) in [5.41, 5.74) is 6.05. The van der Waals surface area contributed by atoms with Crippen molar-refractivity contribution in [1.29, 1.82) is 0 Å². The maximum Gasteiger partial charge on any atom is 0.0590 e.